The second kappa shape index (κ2) is 6.80. The highest BCUT2D eigenvalue weighted by Crippen LogP contribution is 2.15. The molecule has 0 aromatic heterocycles. The van der Waals surface area contributed by atoms with Crippen LogP contribution in [0.15, 0.2) is 30.3 Å². The summed E-state index contributed by atoms with van der Waals surface area (Å²) in [5.41, 5.74) is -1.20. The van der Waals surface area contributed by atoms with Crippen LogP contribution in [0.5, 0.6) is 0 Å². The number of aliphatic hydroxyl groups excluding tert-OH is 1. The average Bonchev–Trinajstić information content (AvgIpc) is 2.46. The Morgan fingerprint density at radius 2 is 1.89 bits per heavy atom. The molecule has 0 aliphatic carbocycles. The maximum absolute atomic E-state index is 11.5. The molecule has 0 radical (unpaired) electrons. The fourth-order valence-corrected chi connectivity index (χ4v) is 1.53. The summed E-state index contributed by atoms with van der Waals surface area (Å²) in [5, 5.41) is 9.34. The molecular weight excluding hydrogens is 248 g/mol. The molecule has 1 N–H and O–H groups in total. The molecule has 0 aliphatic rings. The van der Waals surface area contributed by atoms with Crippen molar-refractivity contribution in [2.24, 2.45) is 0 Å². The van der Waals surface area contributed by atoms with Gasteiger partial charge in [0.1, 0.15) is 0 Å². The largest absolute Gasteiger partial charge is 0.441 e. The first-order valence-corrected chi connectivity index (χ1v) is 5.94. The van der Waals surface area contributed by atoms with Gasteiger partial charge in [-0.3, -0.25) is 9.59 Å². The van der Waals surface area contributed by atoms with Crippen molar-refractivity contribution in [3.05, 3.63) is 35.9 Å². The van der Waals surface area contributed by atoms with Gasteiger partial charge < -0.3 is 9.84 Å². The Kier molecular flexibility index (Phi) is 5.38. The molecule has 5 nitrogen and oxygen atoms in total. The number of carbonyl (C=O) groups is 3. The molecule has 0 heterocycles. The maximum atomic E-state index is 11.5. The van der Waals surface area contributed by atoms with Crippen LogP contribution >= 0.6 is 0 Å². The third kappa shape index (κ3) is 3.99. The first-order chi connectivity index (χ1) is 9.06. The van der Waals surface area contributed by atoms with Gasteiger partial charge >= 0.3 is 5.97 Å². The number of aliphatic hydroxyl groups is 1. The van der Waals surface area contributed by atoms with E-state index in [1.54, 1.807) is 37.3 Å². The Hall–Kier alpha value is -2.01. The fourth-order valence-electron chi connectivity index (χ4n) is 1.53. The van der Waals surface area contributed by atoms with Gasteiger partial charge in [0.15, 0.2) is 18.7 Å². The standard InChI is InChI=1S/C14H16O5/c1-2-12(17)13(18)19-14(9-15,10-16)8-11-6-4-3-5-7-11/h3-7,9-10,12,17H,2,8H2,1H3. The monoisotopic (exact) mass is 264 g/mol. The summed E-state index contributed by atoms with van der Waals surface area (Å²) < 4.78 is 4.87. The van der Waals surface area contributed by atoms with E-state index in [1.807, 2.05) is 0 Å². The highest BCUT2D eigenvalue weighted by molar-refractivity contribution is 5.92. The molecular formula is C14H16O5. The summed E-state index contributed by atoms with van der Waals surface area (Å²) >= 11 is 0. The van der Waals surface area contributed by atoms with E-state index >= 15 is 0 Å². The van der Waals surface area contributed by atoms with Gasteiger partial charge in [-0.2, -0.15) is 0 Å². The zero-order valence-corrected chi connectivity index (χ0v) is 10.6. The Balaban J connectivity index is 2.88. The second-order valence-electron chi connectivity index (χ2n) is 4.20. The maximum Gasteiger partial charge on any atom is 0.336 e. The number of ether oxygens (including phenoxy) is 1. The predicted octanol–water partition coefficient (Wildman–Crippen LogP) is 0.680. The van der Waals surface area contributed by atoms with Gasteiger partial charge in [-0.1, -0.05) is 37.3 Å². The number of carbonyl (C=O) groups excluding carboxylic acids is 3. The summed E-state index contributed by atoms with van der Waals surface area (Å²) in [4.78, 5) is 33.7. The molecule has 0 amide bonds. The molecule has 0 fully saturated rings. The van der Waals surface area contributed by atoms with Crippen molar-refractivity contribution in [1.29, 1.82) is 0 Å². The lowest BCUT2D eigenvalue weighted by atomic mass is 9.97. The van der Waals surface area contributed by atoms with Gasteiger partial charge in [0.25, 0.3) is 0 Å². The highest BCUT2D eigenvalue weighted by atomic mass is 16.6. The van der Waals surface area contributed by atoms with Crippen molar-refractivity contribution in [3.8, 4) is 0 Å². The molecule has 1 unspecified atom stereocenters. The topological polar surface area (TPSA) is 80.7 Å². The van der Waals surface area contributed by atoms with E-state index in [9.17, 15) is 19.5 Å². The van der Waals surface area contributed by atoms with Crippen molar-refractivity contribution in [2.45, 2.75) is 31.5 Å². The van der Waals surface area contributed by atoms with E-state index in [2.05, 4.69) is 0 Å². The number of esters is 1. The Morgan fingerprint density at radius 3 is 2.37 bits per heavy atom. The third-order valence-corrected chi connectivity index (χ3v) is 2.67. The third-order valence-electron chi connectivity index (χ3n) is 2.67. The Morgan fingerprint density at radius 1 is 1.32 bits per heavy atom. The molecule has 19 heavy (non-hydrogen) atoms. The molecule has 102 valence electrons. The fraction of sp³-hybridized carbons (Fsp3) is 0.357. The molecule has 5 heteroatoms. The number of hydrogen-bond donors (Lipinski definition) is 1. The minimum Gasteiger partial charge on any atom is -0.441 e. The van der Waals surface area contributed by atoms with Crippen LogP contribution in [0.3, 0.4) is 0 Å². The normalized spacial score (nSPS) is 12.5. The van der Waals surface area contributed by atoms with Gasteiger partial charge in [0, 0.05) is 6.42 Å². The van der Waals surface area contributed by atoms with E-state index < -0.39 is 17.7 Å². The van der Waals surface area contributed by atoms with Crippen molar-refractivity contribution in [2.75, 3.05) is 0 Å². The van der Waals surface area contributed by atoms with E-state index in [4.69, 9.17) is 4.74 Å². The smallest absolute Gasteiger partial charge is 0.336 e. The molecule has 1 atom stereocenters. The summed E-state index contributed by atoms with van der Waals surface area (Å²) in [6.45, 7) is 1.59. The highest BCUT2D eigenvalue weighted by Gasteiger charge is 2.35. The van der Waals surface area contributed by atoms with Crippen molar-refractivity contribution in [3.63, 3.8) is 0 Å². The van der Waals surface area contributed by atoms with Crippen LogP contribution in [-0.4, -0.2) is 35.4 Å². The van der Waals surface area contributed by atoms with Crippen LogP contribution in [-0.2, 0) is 25.5 Å². The molecule has 0 bridgehead atoms. The lowest BCUT2D eigenvalue weighted by Crippen LogP contribution is -2.43. The number of hydrogen-bond acceptors (Lipinski definition) is 5. The molecule has 0 saturated heterocycles. The first kappa shape index (κ1) is 15.0. The van der Waals surface area contributed by atoms with Gasteiger partial charge in [0.05, 0.1) is 0 Å². The summed E-state index contributed by atoms with van der Waals surface area (Å²) in [6, 6.07) is 8.72. The number of aldehydes is 2. The average molecular weight is 264 g/mol. The second-order valence-corrected chi connectivity index (χ2v) is 4.20. The van der Waals surface area contributed by atoms with E-state index in [0.717, 1.165) is 0 Å². The van der Waals surface area contributed by atoms with Crippen molar-refractivity contribution >= 4 is 18.5 Å². The number of benzene rings is 1. The van der Waals surface area contributed by atoms with E-state index in [0.29, 0.717) is 5.56 Å². The summed E-state index contributed by atoms with van der Waals surface area (Å²) in [6.07, 6.45) is -0.670. The molecule has 1 aromatic carbocycles. The minimum absolute atomic E-state index is 0.0526. The quantitative estimate of drug-likeness (QED) is 0.445. The van der Waals surface area contributed by atoms with Gasteiger partial charge in [-0.25, -0.2) is 4.79 Å². The lowest BCUT2D eigenvalue weighted by Gasteiger charge is -2.23. The van der Waals surface area contributed by atoms with Crippen LogP contribution in [0.25, 0.3) is 0 Å². The zero-order chi connectivity index (χ0) is 14.3. The van der Waals surface area contributed by atoms with Crippen LogP contribution in [0.2, 0.25) is 0 Å². The number of rotatable bonds is 7. The Labute approximate surface area is 111 Å². The molecule has 0 saturated carbocycles. The lowest BCUT2D eigenvalue weighted by molar-refractivity contribution is -0.172. The van der Waals surface area contributed by atoms with Gasteiger partial charge in [-0.05, 0) is 12.0 Å². The molecule has 1 aromatic rings. The van der Waals surface area contributed by atoms with E-state index in [-0.39, 0.29) is 25.4 Å². The molecule has 0 spiro atoms. The SMILES string of the molecule is CCC(O)C(=O)OC(C=O)(C=O)Cc1ccccc1. The Bertz CT molecular complexity index is 432. The van der Waals surface area contributed by atoms with Gasteiger partial charge in [0.2, 0.25) is 5.60 Å². The zero-order valence-electron chi connectivity index (χ0n) is 10.6. The van der Waals surface area contributed by atoms with Crippen LogP contribution in [0.4, 0.5) is 0 Å². The summed E-state index contributed by atoms with van der Waals surface area (Å²) in [7, 11) is 0. The molecule has 0 aliphatic heterocycles. The van der Waals surface area contributed by atoms with E-state index in [1.165, 1.54) is 0 Å². The van der Waals surface area contributed by atoms with Crippen molar-refractivity contribution in [1.82, 2.24) is 0 Å². The van der Waals surface area contributed by atoms with Gasteiger partial charge in [-0.15, -0.1) is 0 Å². The van der Waals surface area contributed by atoms with Crippen LogP contribution in [0, 0.1) is 0 Å². The molecule has 1 rings (SSSR count). The predicted molar refractivity (Wildman–Crippen MR) is 67.4 cm³/mol. The first-order valence-electron chi connectivity index (χ1n) is 5.94. The minimum atomic E-state index is -1.88. The van der Waals surface area contributed by atoms with Crippen molar-refractivity contribution < 1.29 is 24.2 Å². The van der Waals surface area contributed by atoms with Crippen LogP contribution < -0.4 is 0 Å². The van der Waals surface area contributed by atoms with Crippen LogP contribution in [0.1, 0.15) is 18.9 Å². The summed E-state index contributed by atoms with van der Waals surface area (Å²) in [5.74, 6) is -0.974.